The predicted molar refractivity (Wildman–Crippen MR) is 93.9 cm³/mol. The van der Waals surface area contributed by atoms with Crippen molar-refractivity contribution in [2.75, 3.05) is 5.75 Å². The van der Waals surface area contributed by atoms with Crippen LogP contribution in [0.15, 0.2) is 36.7 Å². The van der Waals surface area contributed by atoms with Crippen molar-refractivity contribution in [3.63, 3.8) is 0 Å². The quantitative estimate of drug-likeness (QED) is 0.716. The summed E-state index contributed by atoms with van der Waals surface area (Å²) < 4.78 is 26.3. The normalized spacial score (nSPS) is 12.6. The lowest BCUT2D eigenvalue weighted by molar-refractivity contribution is 0.548. The molecule has 1 aromatic carbocycles. The van der Waals surface area contributed by atoms with Crippen LogP contribution in [0.25, 0.3) is 11.1 Å². The van der Waals surface area contributed by atoms with Crippen molar-refractivity contribution in [2.45, 2.75) is 32.1 Å². The van der Waals surface area contributed by atoms with E-state index in [0.717, 1.165) is 11.1 Å². The molecule has 0 saturated carbocycles. The van der Waals surface area contributed by atoms with Crippen molar-refractivity contribution in [3.05, 3.63) is 40.2 Å². The van der Waals surface area contributed by atoms with Gasteiger partial charge in [0, 0.05) is 15.3 Å². The Bertz CT molecular complexity index is 713. The molecule has 1 aromatic heterocycles. The Kier molecular flexibility index (Phi) is 4.77. The van der Waals surface area contributed by atoms with E-state index in [2.05, 4.69) is 27.7 Å². The van der Waals surface area contributed by atoms with Crippen LogP contribution >= 0.6 is 22.6 Å². The molecule has 0 saturated heterocycles. The Balaban J connectivity index is 2.09. The second-order valence-corrected chi connectivity index (χ2v) is 10.0. The van der Waals surface area contributed by atoms with Crippen molar-refractivity contribution < 1.29 is 8.42 Å². The van der Waals surface area contributed by atoms with E-state index in [9.17, 15) is 8.42 Å². The summed E-state index contributed by atoms with van der Waals surface area (Å²) in [5.74, 6) is 0.101. The average Bonchev–Trinajstić information content (AvgIpc) is 2.85. The van der Waals surface area contributed by atoms with Gasteiger partial charge >= 0.3 is 0 Å². The van der Waals surface area contributed by atoms with Crippen LogP contribution in [0.4, 0.5) is 0 Å². The first-order valence-corrected chi connectivity index (χ1v) is 9.43. The van der Waals surface area contributed by atoms with Crippen LogP contribution in [0.3, 0.4) is 0 Å². The topological polar surface area (TPSA) is 52.0 Å². The van der Waals surface area contributed by atoms with Crippen LogP contribution in [0.2, 0.25) is 0 Å². The summed E-state index contributed by atoms with van der Waals surface area (Å²) in [6, 6.07) is 8.15. The molecule has 0 unspecified atom stereocenters. The number of hydrogen-bond acceptors (Lipinski definition) is 3. The first-order valence-electron chi connectivity index (χ1n) is 6.70. The van der Waals surface area contributed by atoms with Gasteiger partial charge in [0.2, 0.25) is 0 Å². The molecule has 0 radical (unpaired) electrons. The molecule has 0 amide bonds. The molecule has 0 N–H and O–H groups in total. The molecule has 0 fully saturated rings. The highest BCUT2D eigenvalue weighted by Gasteiger charge is 2.28. The minimum Gasteiger partial charge on any atom is -0.271 e. The monoisotopic (exact) mass is 418 g/mol. The molecule has 1 heterocycles. The number of aryl methyl sites for hydroxylation is 1. The highest BCUT2D eigenvalue weighted by molar-refractivity contribution is 14.1. The Morgan fingerprint density at radius 2 is 1.76 bits per heavy atom. The molecule has 2 aromatic rings. The van der Waals surface area contributed by atoms with Gasteiger partial charge in [0.1, 0.15) is 0 Å². The fourth-order valence-electron chi connectivity index (χ4n) is 1.80. The van der Waals surface area contributed by atoms with Gasteiger partial charge in [-0.2, -0.15) is 5.10 Å². The molecule has 0 aliphatic carbocycles. The lowest BCUT2D eigenvalue weighted by Gasteiger charge is -2.18. The molecule has 21 heavy (non-hydrogen) atoms. The summed E-state index contributed by atoms with van der Waals surface area (Å²) in [4.78, 5) is 0. The van der Waals surface area contributed by atoms with E-state index in [4.69, 9.17) is 0 Å². The number of benzene rings is 1. The minimum absolute atomic E-state index is 0.101. The molecular weight excluding hydrogens is 399 g/mol. The molecule has 0 aliphatic heterocycles. The molecule has 0 atom stereocenters. The maximum atomic E-state index is 12.1. The van der Waals surface area contributed by atoms with Gasteiger partial charge in [0.15, 0.2) is 9.84 Å². The Labute approximate surface area is 139 Å². The largest absolute Gasteiger partial charge is 0.271 e. The van der Waals surface area contributed by atoms with Gasteiger partial charge in [0.25, 0.3) is 0 Å². The first-order chi connectivity index (χ1) is 9.69. The SMILES string of the molecule is CC(C)(C)S(=O)(=O)CCn1cc(-c2ccc(I)cc2)cn1. The summed E-state index contributed by atoms with van der Waals surface area (Å²) in [5.41, 5.74) is 2.08. The zero-order chi connectivity index (χ0) is 15.7. The smallest absolute Gasteiger partial charge is 0.157 e. The van der Waals surface area contributed by atoms with E-state index in [1.807, 2.05) is 30.5 Å². The van der Waals surface area contributed by atoms with E-state index >= 15 is 0 Å². The van der Waals surface area contributed by atoms with E-state index in [1.165, 1.54) is 3.57 Å². The molecule has 0 aliphatic rings. The third-order valence-corrected chi connectivity index (χ3v) is 6.64. The van der Waals surface area contributed by atoms with Gasteiger partial charge in [-0.15, -0.1) is 0 Å². The van der Waals surface area contributed by atoms with Crippen molar-refractivity contribution in [2.24, 2.45) is 0 Å². The van der Waals surface area contributed by atoms with Crippen molar-refractivity contribution in [1.29, 1.82) is 0 Å². The van der Waals surface area contributed by atoms with Gasteiger partial charge < -0.3 is 0 Å². The van der Waals surface area contributed by atoms with E-state index in [1.54, 1.807) is 31.6 Å². The zero-order valence-electron chi connectivity index (χ0n) is 12.4. The van der Waals surface area contributed by atoms with Gasteiger partial charge in [0.05, 0.1) is 23.2 Å². The molecular formula is C15H19IN2O2S. The van der Waals surface area contributed by atoms with E-state index < -0.39 is 14.6 Å². The van der Waals surface area contributed by atoms with Gasteiger partial charge in [-0.25, -0.2) is 8.42 Å². The summed E-state index contributed by atoms with van der Waals surface area (Å²) in [5, 5.41) is 4.25. The second-order valence-electron chi connectivity index (χ2n) is 5.93. The molecule has 0 spiro atoms. The van der Waals surface area contributed by atoms with Crippen LogP contribution in [-0.4, -0.2) is 28.7 Å². The Hall–Kier alpha value is -0.890. The maximum absolute atomic E-state index is 12.1. The van der Waals surface area contributed by atoms with Crippen LogP contribution in [0.1, 0.15) is 20.8 Å². The lowest BCUT2D eigenvalue weighted by Crippen LogP contribution is -2.32. The highest BCUT2D eigenvalue weighted by atomic mass is 127. The number of hydrogen-bond donors (Lipinski definition) is 0. The maximum Gasteiger partial charge on any atom is 0.157 e. The minimum atomic E-state index is -3.12. The zero-order valence-corrected chi connectivity index (χ0v) is 15.3. The average molecular weight is 418 g/mol. The summed E-state index contributed by atoms with van der Waals surface area (Å²) >= 11 is 2.26. The van der Waals surface area contributed by atoms with E-state index in [-0.39, 0.29) is 5.75 Å². The summed E-state index contributed by atoms with van der Waals surface area (Å²) in [6.07, 6.45) is 3.66. The van der Waals surface area contributed by atoms with Crippen molar-refractivity contribution >= 4 is 32.4 Å². The van der Waals surface area contributed by atoms with Gasteiger partial charge in [-0.3, -0.25) is 4.68 Å². The Morgan fingerprint density at radius 1 is 1.14 bits per heavy atom. The van der Waals surface area contributed by atoms with Crippen LogP contribution in [0, 0.1) is 3.57 Å². The van der Waals surface area contributed by atoms with Gasteiger partial charge in [-0.05, 0) is 61.1 Å². The molecule has 4 nitrogen and oxygen atoms in total. The third kappa shape index (κ3) is 4.06. The first kappa shape index (κ1) is 16.5. The molecule has 6 heteroatoms. The van der Waals surface area contributed by atoms with Crippen LogP contribution in [-0.2, 0) is 16.4 Å². The third-order valence-electron chi connectivity index (χ3n) is 3.33. The van der Waals surface area contributed by atoms with Crippen LogP contribution < -0.4 is 0 Å². The number of halogens is 1. The number of sulfone groups is 1. The summed E-state index contributed by atoms with van der Waals surface area (Å²) in [7, 11) is -3.12. The highest BCUT2D eigenvalue weighted by Crippen LogP contribution is 2.20. The van der Waals surface area contributed by atoms with Crippen molar-refractivity contribution in [3.8, 4) is 11.1 Å². The molecule has 2 rings (SSSR count). The number of nitrogens with zero attached hydrogens (tertiary/aromatic N) is 2. The van der Waals surface area contributed by atoms with Crippen LogP contribution in [0.5, 0.6) is 0 Å². The van der Waals surface area contributed by atoms with E-state index in [0.29, 0.717) is 6.54 Å². The fraction of sp³-hybridized carbons (Fsp3) is 0.400. The van der Waals surface area contributed by atoms with Gasteiger partial charge in [-0.1, -0.05) is 12.1 Å². The number of aromatic nitrogens is 2. The predicted octanol–water partition coefficient (Wildman–Crippen LogP) is 3.37. The molecule has 114 valence electrons. The fourth-order valence-corrected chi connectivity index (χ4v) is 3.20. The molecule has 0 bridgehead atoms. The Morgan fingerprint density at radius 3 is 2.33 bits per heavy atom. The summed E-state index contributed by atoms with van der Waals surface area (Å²) in [6.45, 7) is 5.55. The van der Waals surface area contributed by atoms with Crippen molar-refractivity contribution in [1.82, 2.24) is 9.78 Å². The second kappa shape index (κ2) is 6.08. The standard InChI is InChI=1S/C15H19IN2O2S/c1-15(2,3)21(19,20)9-8-18-11-13(10-17-18)12-4-6-14(16)7-5-12/h4-7,10-11H,8-9H2,1-3H3. The number of rotatable bonds is 4. The lowest BCUT2D eigenvalue weighted by atomic mass is 10.1.